The van der Waals surface area contributed by atoms with Crippen molar-refractivity contribution in [2.75, 3.05) is 19.7 Å². The normalized spacial score (nSPS) is 20.2. The average molecular weight is 267 g/mol. The van der Waals surface area contributed by atoms with Crippen molar-refractivity contribution in [3.63, 3.8) is 0 Å². The molecule has 0 aromatic carbocycles. The van der Waals surface area contributed by atoms with E-state index in [0.717, 1.165) is 37.2 Å². The molecule has 0 aliphatic carbocycles. The Hall–Kier alpha value is -0.870. The van der Waals surface area contributed by atoms with E-state index in [-0.39, 0.29) is 12.5 Å². The summed E-state index contributed by atoms with van der Waals surface area (Å²) in [5, 5.41) is 9.00. The van der Waals surface area contributed by atoms with E-state index < -0.39 is 0 Å². The fourth-order valence-corrected chi connectivity index (χ4v) is 3.50. The summed E-state index contributed by atoms with van der Waals surface area (Å²) in [6, 6.07) is 2.00. The number of carbonyl (C=O) groups is 1. The minimum absolute atomic E-state index is 0.166. The topological polar surface area (TPSA) is 40.5 Å². The van der Waals surface area contributed by atoms with E-state index >= 15 is 0 Å². The smallest absolute Gasteiger partial charge is 0.263 e. The summed E-state index contributed by atoms with van der Waals surface area (Å²) in [6.07, 6.45) is 3.00. The zero-order chi connectivity index (χ0) is 13.1. The molecule has 0 saturated carbocycles. The minimum Gasteiger partial charge on any atom is -0.396 e. The summed E-state index contributed by atoms with van der Waals surface area (Å²) in [6.45, 7) is 5.99. The van der Waals surface area contributed by atoms with Gasteiger partial charge in [-0.2, -0.15) is 0 Å². The number of aryl methyl sites for hydroxylation is 2. The molecular weight excluding hydrogens is 246 g/mol. The SMILES string of the molecule is Cc1cc(C(=O)N2CCCC(CCO)C2)sc1C. The van der Waals surface area contributed by atoms with E-state index in [2.05, 4.69) is 6.92 Å². The second kappa shape index (κ2) is 5.85. The van der Waals surface area contributed by atoms with Gasteiger partial charge in [-0.25, -0.2) is 0 Å². The van der Waals surface area contributed by atoms with Crippen LogP contribution in [0.2, 0.25) is 0 Å². The molecule has 3 nitrogen and oxygen atoms in total. The number of aliphatic hydroxyl groups is 1. The lowest BCUT2D eigenvalue weighted by atomic mass is 9.95. The molecule has 1 aromatic heterocycles. The van der Waals surface area contributed by atoms with Crippen molar-refractivity contribution in [3.05, 3.63) is 21.4 Å². The van der Waals surface area contributed by atoms with Gasteiger partial charge in [0.1, 0.15) is 0 Å². The van der Waals surface area contributed by atoms with Gasteiger partial charge in [0.15, 0.2) is 0 Å². The monoisotopic (exact) mass is 267 g/mol. The fourth-order valence-electron chi connectivity index (χ4n) is 2.50. The number of rotatable bonds is 3. The summed E-state index contributed by atoms with van der Waals surface area (Å²) < 4.78 is 0. The molecule has 100 valence electrons. The Kier molecular flexibility index (Phi) is 4.40. The molecule has 1 saturated heterocycles. The van der Waals surface area contributed by atoms with Gasteiger partial charge in [0.05, 0.1) is 4.88 Å². The van der Waals surface area contributed by atoms with E-state index in [1.807, 2.05) is 17.9 Å². The van der Waals surface area contributed by atoms with Crippen LogP contribution in [-0.2, 0) is 0 Å². The number of nitrogens with zero attached hydrogens (tertiary/aromatic N) is 1. The Labute approximate surface area is 112 Å². The van der Waals surface area contributed by atoms with Gasteiger partial charge in [0, 0.05) is 24.6 Å². The van der Waals surface area contributed by atoms with E-state index in [1.54, 1.807) is 11.3 Å². The standard InChI is InChI=1S/C14H21NO2S/c1-10-8-13(18-11(10)2)14(17)15-6-3-4-12(9-15)5-7-16/h8,12,16H,3-7,9H2,1-2H3. The largest absolute Gasteiger partial charge is 0.396 e. The van der Waals surface area contributed by atoms with Gasteiger partial charge in [0.2, 0.25) is 0 Å². The van der Waals surface area contributed by atoms with Crippen molar-refractivity contribution < 1.29 is 9.90 Å². The molecule has 1 fully saturated rings. The van der Waals surface area contributed by atoms with Crippen LogP contribution >= 0.6 is 11.3 Å². The van der Waals surface area contributed by atoms with Gasteiger partial charge in [-0.05, 0) is 50.7 Å². The van der Waals surface area contributed by atoms with Crippen LogP contribution < -0.4 is 0 Å². The van der Waals surface area contributed by atoms with Crippen LogP contribution in [-0.4, -0.2) is 35.6 Å². The molecule has 0 radical (unpaired) electrons. The molecule has 1 N–H and O–H groups in total. The first kappa shape index (κ1) is 13.6. The average Bonchev–Trinajstić information content (AvgIpc) is 2.69. The summed E-state index contributed by atoms with van der Waals surface area (Å²) in [4.78, 5) is 16.4. The zero-order valence-electron chi connectivity index (χ0n) is 11.1. The van der Waals surface area contributed by atoms with Gasteiger partial charge < -0.3 is 10.0 Å². The van der Waals surface area contributed by atoms with Crippen LogP contribution in [0.4, 0.5) is 0 Å². The molecule has 2 rings (SSSR count). The minimum atomic E-state index is 0.166. The van der Waals surface area contributed by atoms with Gasteiger partial charge in [0.25, 0.3) is 5.91 Å². The molecule has 18 heavy (non-hydrogen) atoms. The summed E-state index contributed by atoms with van der Waals surface area (Å²) in [5.41, 5.74) is 1.20. The highest BCUT2D eigenvalue weighted by molar-refractivity contribution is 7.14. The first-order chi connectivity index (χ1) is 8.61. The predicted octanol–water partition coefficient (Wildman–Crippen LogP) is 2.60. The van der Waals surface area contributed by atoms with Crippen molar-refractivity contribution in [2.24, 2.45) is 5.92 Å². The number of hydrogen-bond donors (Lipinski definition) is 1. The maximum Gasteiger partial charge on any atom is 0.263 e. The lowest BCUT2D eigenvalue weighted by Crippen LogP contribution is -2.39. The number of carbonyl (C=O) groups excluding carboxylic acids is 1. The molecule has 1 unspecified atom stereocenters. The highest BCUT2D eigenvalue weighted by atomic mass is 32.1. The van der Waals surface area contributed by atoms with Gasteiger partial charge in [-0.3, -0.25) is 4.79 Å². The van der Waals surface area contributed by atoms with Crippen molar-refractivity contribution in [3.8, 4) is 0 Å². The number of amides is 1. The third-order valence-corrected chi connectivity index (χ3v) is 4.86. The van der Waals surface area contributed by atoms with Gasteiger partial charge in [-0.1, -0.05) is 0 Å². The fraction of sp³-hybridized carbons (Fsp3) is 0.643. The van der Waals surface area contributed by atoms with E-state index in [4.69, 9.17) is 5.11 Å². The third-order valence-electron chi connectivity index (χ3n) is 3.72. The number of aliphatic hydroxyl groups excluding tert-OH is 1. The Bertz CT molecular complexity index is 406. The summed E-state index contributed by atoms with van der Waals surface area (Å²) in [5.74, 6) is 0.633. The first-order valence-corrected chi connectivity index (χ1v) is 7.40. The van der Waals surface area contributed by atoms with Crippen LogP contribution in [0, 0.1) is 19.8 Å². The van der Waals surface area contributed by atoms with Gasteiger partial charge >= 0.3 is 0 Å². The second-order valence-corrected chi connectivity index (χ2v) is 6.38. The molecule has 1 aliphatic heterocycles. The molecule has 1 amide bonds. The number of hydrogen-bond acceptors (Lipinski definition) is 3. The summed E-state index contributed by atoms with van der Waals surface area (Å²) >= 11 is 1.59. The third kappa shape index (κ3) is 2.93. The van der Waals surface area contributed by atoms with Crippen molar-refractivity contribution in [1.82, 2.24) is 4.90 Å². The maximum atomic E-state index is 12.4. The Balaban J connectivity index is 2.04. The quantitative estimate of drug-likeness (QED) is 0.914. The van der Waals surface area contributed by atoms with Crippen molar-refractivity contribution >= 4 is 17.2 Å². The van der Waals surface area contributed by atoms with Crippen LogP contribution in [0.25, 0.3) is 0 Å². The Morgan fingerprint density at radius 3 is 2.94 bits per heavy atom. The Morgan fingerprint density at radius 1 is 1.56 bits per heavy atom. The highest BCUT2D eigenvalue weighted by Gasteiger charge is 2.25. The van der Waals surface area contributed by atoms with Crippen LogP contribution in [0.1, 0.15) is 39.4 Å². The van der Waals surface area contributed by atoms with Gasteiger partial charge in [-0.15, -0.1) is 11.3 Å². The predicted molar refractivity (Wildman–Crippen MR) is 74.1 cm³/mol. The van der Waals surface area contributed by atoms with Crippen LogP contribution in [0.15, 0.2) is 6.07 Å². The molecule has 4 heteroatoms. The molecule has 2 heterocycles. The first-order valence-electron chi connectivity index (χ1n) is 6.59. The maximum absolute atomic E-state index is 12.4. The van der Waals surface area contributed by atoms with Crippen molar-refractivity contribution in [1.29, 1.82) is 0 Å². The highest BCUT2D eigenvalue weighted by Crippen LogP contribution is 2.25. The van der Waals surface area contributed by atoms with Crippen LogP contribution in [0.5, 0.6) is 0 Å². The molecule has 0 spiro atoms. The Morgan fingerprint density at radius 2 is 2.33 bits per heavy atom. The molecule has 1 atom stereocenters. The lowest BCUT2D eigenvalue weighted by molar-refractivity contribution is 0.0658. The van der Waals surface area contributed by atoms with E-state index in [1.165, 1.54) is 10.4 Å². The number of thiophene rings is 1. The molecule has 0 bridgehead atoms. The molecular formula is C14H21NO2S. The molecule has 1 aliphatic rings. The van der Waals surface area contributed by atoms with Crippen molar-refractivity contribution in [2.45, 2.75) is 33.1 Å². The second-order valence-electron chi connectivity index (χ2n) is 5.12. The number of piperidine rings is 1. The number of likely N-dealkylation sites (tertiary alicyclic amines) is 1. The van der Waals surface area contributed by atoms with E-state index in [9.17, 15) is 4.79 Å². The van der Waals surface area contributed by atoms with E-state index in [0.29, 0.717) is 5.92 Å². The lowest BCUT2D eigenvalue weighted by Gasteiger charge is -2.32. The van der Waals surface area contributed by atoms with Crippen LogP contribution in [0.3, 0.4) is 0 Å². The molecule has 1 aromatic rings. The zero-order valence-corrected chi connectivity index (χ0v) is 11.9. The summed E-state index contributed by atoms with van der Waals surface area (Å²) in [7, 11) is 0.